The molecule has 30 heavy (non-hydrogen) atoms. The van der Waals surface area contributed by atoms with Crippen molar-refractivity contribution in [1.82, 2.24) is 14.3 Å². The van der Waals surface area contributed by atoms with Gasteiger partial charge in [0.2, 0.25) is 0 Å². The molecule has 2 aliphatic rings. The number of benzene rings is 1. The first-order valence-corrected chi connectivity index (χ1v) is 11.8. The van der Waals surface area contributed by atoms with Crippen molar-refractivity contribution in [3.8, 4) is 5.69 Å². The van der Waals surface area contributed by atoms with Gasteiger partial charge in [-0.15, -0.1) is 0 Å². The summed E-state index contributed by atoms with van der Waals surface area (Å²) in [5, 5.41) is 1.11. The Kier molecular flexibility index (Phi) is 6.54. The third-order valence-corrected chi connectivity index (χ3v) is 8.43. The summed E-state index contributed by atoms with van der Waals surface area (Å²) in [6.07, 6.45) is 2.21. The maximum absolute atomic E-state index is 13.2. The van der Waals surface area contributed by atoms with Crippen molar-refractivity contribution in [1.29, 1.82) is 0 Å². The zero-order valence-corrected chi connectivity index (χ0v) is 20.9. The summed E-state index contributed by atoms with van der Waals surface area (Å²) in [5.74, 6) is 0.320. The van der Waals surface area contributed by atoms with Crippen LogP contribution in [0.25, 0.3) is 5.69 Å². The molecule has 0 unspecified atom stereocenters. The van der Waals surface area contributed by atoms with E-state index in [0.717, 1.165) is 18.4 Å². The molecule has 0 aliphatic heterocycles. The molecule has 2 aliphatic carbocycles. The Labute approximate surface area is 190 Å². The molecule has 0 radical (unpaired) electrons. The van der Waals surface area contributed by atoms with E-state index in [1.807, 2.05) is 11.7 Å². The van der Waals surface area contributed by atoms with Crippen LogP contribution < -0.4 is 5.56 Å². The van der Waals surface area contributed by atoms with E-state index in [0.29, 0.717) is 21.7 Å². The molecule has 1 saturated carbocycles. The maximum Gasteiger partial charge on any atom is 0.275 e. The number of rotatable bonds is 4. The van der Waals surface area contributed by atoms with Crippen LogP contribution in [0, 0.1) is 5.41 Å². The number of fused-ring (bicyclic) bond motifs is 5. The van der Waals surface area contributed by atoms with Gasteiger partial charge in [0.05, 0.1) is 16.4 Å². The van der Waals surface area contributed by atoms with Gasteiger partial charge >= 0.3 is 0 Å². The van der Waals surface area contributed by atoms with Gasteiger partial charge in [-0.05, 0) is 62.0 Å². The van der Waals surface area contributed by atoms with Crippen LogP contribution >= 0.6 is 23.2 Å². The molecule has 2 aromatic rings. The van der Waals surface area contributed by atoms with Crippen molar-refractivity contribution in [2.45, 2.75) is 65.7 Å². The molecular formula is C24H35Cl2N3O. The molecule has 1 aromatic heterocycles. The van der Waals surface area contributed by atoms with E-state index in [9.17, 15) is 4.79 Å². The number of nitrogens with zero attached hydrogens (tertiary/aromatic N) is 3. The van der Waals surface area contributed by atoms with E-state index in [1.54, 1.807) is 22.9 Å². The van der Waals surface area contributed by atoms with Gasteiger partial charge in [0.25, 0.3) is 5.56 Å². The molecule has 2 bridgehead atoms. The van der Waals surface area contributed by atoms with E-state index >= 15 is 0 Å². The Morgan fingerprint density at radius 2 is 1.70 bits per heavy atom. The second-order valence-corrected chi connectivity index (χ2v) is 10.1. The van der Waals surface area contributed by atoms with Crippen LogP contribution in [-0.2, 0) is 12.5 Å². The molecule has 0 N–H and O–H groups in total. The average molecular weight is 452 g/mol. The van der Waals surface area contributed by atoms with Crippen LogP contribution in [0.2, 0.25) is 10.0 Å². The minimum Gasteiger partial charge on any atom is -0.304 e. The SMILES string of the molecule is CCN(CC)CC.Cn1c2c(c(=O)n1-c1cc(Cl)ccc1Cl)[C@@H]1CC[C@@]2(C)C1(C)C. The van der Waals surface area contributed by atoms with Crippen LogP contribution in [0.5, 0.6) is 0 Å². The van der Waals surface area contributed by atoms with Crippen LogP contribution in [0.4, 0.5) is 0 Å². The molecule has 1 heterocycles. The fourth-order valence-electron chi connectivity index (χ4n) is 5.61. The molecule has 2 atom stereocenters. The highest BCUT2D eigenvalue weighted by Crippen LogP contribution is 2.66. The number of hydrogen-bond acceptors (Lipinski definition) is 2. The van der Waals surface area contributed by atoms with Crippen LogP contribution in [-0.4, -0.2) is 33.9 Å². The maximum atomic E-state index is 13.2. The molecule has 1 fully saturated rings. The highest BCUT2D eigenvalue weighted by atomic mass is 35.5. The predicted octanol–water partition coefficient (Wildman–Crippen LogP) is 6.01. The largest absolute Gasteiger partial charge is 0.304 e. The van der Waals surface area contributed by atoms with Crippen LogP contribution in [0.15, 0.2) is 23.0 Å². The van der Waals surface area contributed by atoms with Gasteiger partial charge in [-0.25, -0.2) is 4.68 Å². The molecule has 0 spiro atoms. The number of halogens is 2. The molecule has 1 aromatic carbocycles. The average Bonchev–Trinajstić information content (AvgIpc) is 3.17. The van der Waals surface area contributed by atoms with E-state index in [1.165, 1.54) is 25.3 Å². The highest BCUT2D eigenvalue weighted by molar-refractivity contribution is 6.34. The lowest BCUT2D eigenvalue weighted by molar-refractivity contribution is 0.218. The number of hydrogen-bond donors (Lipinski definition) is 0. The van der Waals surface area contributed by atoms with Crippen molar-refractivity contribution < 1.29 is 0 Å². The molecule has 166 valence electrons. The second kappa shape index (κ2) is 8.37. The minimum atomic E-state index is 0.0250. The summed E-state index contributed by atoms with van der Waals surface area (Å²) in [5.41, 5.74) is 2.99. The first-order chi connectivity index (χ1) is 14.0. The summed E-state index contributed by atoms with van der Waals surface area (Å²) in [6.45, 7) is 17.0. The Bertz CT molecular complexity index is 982. The molecule has 4 nitrogen and oxygen atoms in total. The van der Waals surface area contributed by atoms with Crippen molar-refractivity contribution in [3.05, 3.63) is 49.9 Å². The van der Waals surface area contributed by atoms with Crippen molar-refractivity contribution in [2.75, 3.05) is 19.6 Å². The Morgan fingerprint density at radius 1 is 1.10 bits per heavy atom. The molecular weight excluding hydrogens is 417 g/mol. The normalized spacial score (nSPS) is 23.5. The van der Waals surface area contributed by atoms with Crippen molar-refractivity contribution in [2.24, 2.45) is 12.5 Å². The minimum absolute atomic E-state index is 0.0250. The summed E-state index contributed by atoms with van der Waals surface area (Å²) >= 11 is 12.5. The molecule has 0 amide bonds. The van der Waals surface area contributed by atoms with Gasteiger partial charge in [0.15, 0.2) is 0 Å². The summed E-state index contributed by atoms with van der Waals surface area (Å²) in [6, 6.07) is 5.24. The summed E-state index contributed by atoms with van der Waals surface area (Å²) < 4.78 is 3.68. The number of aromatic nitrogens is 2. The predicted molar refractivity (Wildman–Crippen MR) is 128 cm³/mol. The zero-order chi connectivity index (χ0) is 22.4. The molecule has 6 heteroatoms. The van der Waals surface area contributed by atoms with E-state index in [2.05, 4.69) is 46.4 Å². The third-order valence-electron chi connectivity index (χ3n) is 7.88. The lowest BCUT2D eigenvalue weighted by atomic mass is 9.70. The van der Waals surface area contributed by atoms with Gasteiger partial charge in [-0.3, -0.25) is 9.48 Å². The topological polar surface area (TPSA) is 30.2 Å². The van der Waals surface area contributed by atoms with E-state index in [-0.39, 0.29) is 16.4 Å². The van der Waals surface area contributed by atoms with Crippen LogP contribution in [0.1, 0.15) is 71.6 Å². The van der Waals surface area contributed by atoms with E-state index < -0.39 is 0 Å². The summed E-state index contributed by atoms with van der Waals surface area (Å²) in [7, 11) is 1.96. The Morgan fingerprint density at radius 3 is 2.20 bits per heavy atom. The fourth-order valence-corrected chi connectivity index (χ4v) is 5.98. The smallest absolute Gasteiger partial charge is 0.275 e. The standard InChI is InChI=1S/C18H20Cl2N2O.C6H15N/c1-17(2)11-7-8-18(17,3)15-14(11)16(23)22(21(15)4)13-9-10(19)5-6-12(13)20;1-4-7(5-2)6-3/h5-6,9,11H,7-8H2,1-4H3;4-6H2,1-3H3/t11-,18+;/m0./s1. The van der Waals surface area contributed by atoms with Crippen molar-refractivity contribution >= 4 is 23.2 Å². The monoisotopic (exact) mass is 451 g/mol. The van der Waals surface area contributed by atoms with E-state index in [4.69, 9.17) is 23.2 Å². The lowest BCUT2D eigenvalue weighted by Gasteiger charge is -2.36. The van der Waals surface area contributed by atoms with Gasteiger partial charge in [-0.2, -0.15) is 0 Å². The highest BCUT2D eigenvalue weighted by Gasteiger charge is 2.62. The lowest BCUT2D eigenvalue weighted by Crippen LogP contribution is -2.35. The van der Waals surface area contributed by atoms with Gasteiger partial charge < -0.3 is 4.90 Å². The second-order valence-electron chi connectivity index (χ2n) is 9.26. The molecule has 0 saturated heterocycles. The van der Waals surface area contributed by atoms with Gasteiger partial charge in [-0.1, -0.05) is 64.7 Å². The first-order valence-electron chi connectivity index (χ1n) is 11.0. The Balaban J connectivity index is 0.000000318. The Hall–Kier alpha value is -1.23. The van der Waals surface area contributed by atoms with Gasteiger partial charge in [0, 0.05) is 23.0 Å². The van der Waals surface area contributed by atoms with Gasteiger partial charge in [0.1, 0.15) is 0 Å². The fraction of sp³-hybridized carbons (Fsp3) is 0.625. The van der Waals surface area contributed by atoms with Crippen molar-refractivity contribution in [3.63, 3.8) is 0 Å². The zero-order valence-electron chi connectivity index (χ0n) is 19.4. The first kappa shape index (κ1) is 23.4. The quantitative estimate of drug-likeness (QED) is 0.569. The van der Waals surface area contributed by atoms with Crippen LogP contribution in [0.3, 0.4) is 0 Å². The molecule has 4 rings (SSSR count). The third kappa shape index (κ3) is 3.36. The summed E-state index contributed by atoms with van der Waals surface area (Å²) in [4.78, 5) is 15.6.